The van der Waals surface area contributed by atoms with Gasteiger partial charge in [-0.3, -0.25) is 0 Å². The molecule has 9 heavy (non-hydrogen) atoms. The summed E-state index contributed by atoms with van der Waals surface area (Å²) in [7, 11) is 0. The Morgan fingerprint density at radius 2 is 1.11 bits per heavy atom. The third kappa shape index (κ3) is 173. The van der Waals surface area contributed by atoms with Crippen molar-refractivity contribution < 1.29 is 36.6 Å². The van der Waals surface area contributed by atoms with E-state index in [9.17, 15) is 0 Å². The van der Waals surface area contributed by atoms with E-state index < -0.39 is 0 Å². The molecule has 0 heterocycles. The van der Waals surface area contributed by atoms with Gasteiger partial charge in [0, 0.05) is 0 Å². The first-order valence-corrected chi connectivity index (χ1v) is 1.46. The molecule has 0 spiro atoms. The molecule has 0 unspecified atom stereocenters. The Bertz CT molecular complexity index is 105. The van der Waals surface area contributed by atoms with Gasteiger partial charge in [-0.15, -0.1) is 0 Å². The standard InChI is InChI=1S/2C2H2O2.Co/c2*3-1-2-4;/h2*1,3H;/q;;+2/p-2. The van der Waals surface area contributed by atoms with Crippen LogP contribution in [-0.2, 0) is 26.4 Å². The van der Waals surface area contributed by atoms with Crippen LogP contribution in [0.4, 0.5) is 0 Å². The number of hydrogen-bond acceptors (Lipinski definition) is 4. The molecule has 0 aliphatic rings. The van der Waals surface area contributed by atoms with E-state index in [-0.39, 0.29) is 29.3 Å². The summed E-state index contributed by atoms with van der Waals surface area (Å²) >= 11 is 0. The van der Waals surface area contributed by atoms with Crippen LogP contribution in [0.25, 0.3) is 0 Å². The summed E-state index contributed by atoms with van der Waals surface area (Å²) in [6.45, 7) is 0. The van der Waals surface area contributed by atoms with Gasteiger partial charge in [-0.2, -0.15) is 0 Å². The zero-order valence-electron chi connectivity index (χ0n) is 4.12. The number of carbonyl (C=O) groups excluding carboxylic acids is 2. The van der Waals surface area contributed by atoms with Crippen molar-refractivity contribution in [2.45, 2.75) is 0 Å². The van der Waals surface area contributed by atoms with E-state index in [2.05, 4.69) is 0 Å². The summed E-state index contributed by atoms with van der Waals surface area (Å²) < 4.78 is 0. The maximum absolute atomic E-state index is 8.75. The van der Waals surface area contributed by atoms with Crippen LogP contribution in [-0.4, -0.2) is 11.9 Å². The van der Waals surface area contributed by atoms with Crippen molar-refractivity contribution in [3.8, 4) is 0 Å². The van der Waals surface area contributed by atoms with E-state index in [1.165, 1.54) is 0 Å². The average molecular weight is 173 g/mol. The van der Waals surface area contributed by atoms with E-state index in [0.717, 1.165) is 11.9 Å². The van der Waals surface area contributed by atoms with Gasteiger partial charge in [0.1, 0.15) is 11.9 Å². The van der Waals surface area contributed by atoms with Gasteiger partial charge < -0.3 is 10.2 Å². The second kappa shape index (κ2) is 28.0. The fraction of sp³-hybridized carbons (Fsp3) is 0. The van der Waals surface area contributed by atoms with Crippen LogP contribution in [0.1, 0.15) is 0 Å². The summed E-state index contributed by atoms with van der Waals surface area (Å²) in [5.74, 6) is 2.00. The predicted octanol–water partition coefficient (Wildman–Crippen LogP) is -2.62. The first-order valence-electron chi connectivity index (χ1n) is 1.46. The minimum Gasteiger partial charge on any atom is -0.870 e. The Balaban J connectivity index is -0.0000000720. The Kier molecular flexibility index (Phi) is 48.7. The quantitative estimate of drug-likeness (QED) is 0.296. The average Bonchev–Trinajstić information content (AvgIpc) is 1.88. The second-order valence-electron chi connectivity index (χ2n) is 0.471. The molecule has 0 saturated carbocycles. The zero-order valence-corrected chi connectivity index (χ0v) is 5.16. The molecule has 51 valence electrons. The SMILES string of the molecule is O=C=C[O-].O=C=C[O-].[Co+2]. The minimum absolute atomic E-state index is 0. The molecule has 0 bridgehead atoms. The van der Waals surface area contributed by atoms with Crippen LogP contribution in [0, 0.1) is 0 Å². The first kappa shape index (κ1) is 15.7. The molecule has 0 atom stereocenters. The Labute approximate surface area is 61.7 Å². The zero-order chi connectivity index (χ0) is 6.83. The molecule has 5 heteroatoms. The molecule has 0 aromatic carbocycles. The van der Waals surface area contributed by atoms with Crippen LogP contribution >= 0.6 is 0 Å². The molecular formula is C4H2CoO4. The summed E-state index contributed by atoms with van der Waals surface area (Å²) in [6, 6.07) is 0. The third-order valence-corrected chi connectivity index (χ3v) is 0.0962. The smallest absolute Gasteiger partial charge is 0.870 e. The minimum atomic E-state index is 0. The van der Waals surface area contributed by atoms with Gasteiger partial charge in [-0.05, 0) is 0 Å². The summed E-state index contributed by atoms with van der Waals surface area (Å²) in [5.41, 5.74) is 0. The molecule has 0 aliphatic carbocycles. The summed E-state index contributed by atoms with van der Waals surface area (Å²) in [6.07, 6.45) is 0.139. The molecule has 0 aromatic rings. The summed E-state index contributed by atoms with van der Waals surface area (Å²) in [5, 5.41) is 17.5. The van der Waals surface area contributed by atoms with Gasteiger partial charge in [0.25, 0.3) is 0 Å². The normalized spacial score (nSPS) is 3.56. The third-order valence-electron chi connectivity index (χ3n) is 0.0962. The van der Waals surface area contributed by atoms with Crippen molar-refractivity contribution in [1.82, 2.24) is 0 Å². The largest absolute Gasteiger partial charge is 2.00 e. The molecule has 0 saturated heterocycles. The fourth-order valence-electron chi connectivity index (χ4n) is 0. The molecule has 0 N–H and O–H groups in total. The topological polar surface area (TPSA) is 80.3 Å². The van der Waals surface area contributed by atoms with Gasteiger partial charge >= 0.3 is 16.8 Å². The molecule has 0 amide bonds. The fourth-order valence-corrected chi connectivity index (χ4v) is 0. The molecule has 1 radical (unpaired) electrons. The Morgan fingerprint density at radius 3 is 1.11 bits per heavy atom. The van der Waals surface area contributed by atoms with Crippen molar-refractivity contribution in [2.75, 3.05) is 0 Å². The number of rotatable bonds is 0. The molecule has 4 nitrogen and oxygen atoms in total. The van der Waals surface area contributed by atoms with Gasteiger partial charge in [0.2, 0.25) is 0 Å². The van der Waals surface area contributed by atoms with Gasteiger partial charge in [0.15, 0.2) is 0 Å². The van der Waals surface area contributed by atoms with Crippen LogP contribution < -0.4 is 10.2 Å². The van der Waals surface area contributed by atoms with Gasteiger partial charge in [-0.1, -0.05) is 12.5 Å². The van der Waals surface area contributed by atoms with Crippen molar-refractivity contribution in [3.05, 3.63) is 12.5 Å². The Hall–Kier alpha value is -0.994. The molecular weight excluding hydrogens is 171 g/mol. The number of hydrogen-bond donors (Lipinski definition) is 0. The van der Waals surface area contributed by atoms with E-state index in [1.807, 2.05) is 0 Å². The Morgan fingerprint density at radius 1 is 1.00 bits per heavy atom. The van der Waals surface area contributed by atoms with Crippen LogP contribution in [0.5, 0.6) is 0 Å². The van der Waals surface area contributed by atoms with Crippen LogP contribution in [0.2, 0.25) is 0 Å². The van der Waals surface area contributed by atoms with Gasteiger partial charge in [0.05, 0.1) is 0 Å². The van der Waals surface area contributed by atoms with E-state index in [1.54, 1.807) is 0 Å². The second-order valence-corrected chi connectivity index (χ2v) is 0.471. The van der Waals surface area contributed by atoms with Crippen LogP contribution in [0.3, 0.4) is 0 Å². The molecule has 0 fully saturated rings. The molecule has 0 aromatic heterocycles. The van der Waals surface area contributed by atoms with E-state index >= 15 is 0 Å². The summed E-state index contributed by atoms with van der Waals surface area (Å²) in [4.78, 5) is 17.4. The van der Waals surface area contributed by atoms with E-state index in [4.69, 9.17) is 19.8 Å². The maximum atomic E-state index is 8.75. The molecule has 0 aliphatic heterocycles. The van der Waals surface area contributed by atoms with Crippen molar-refractivity contribution in [1.29, 1.82) is 0 Å². The van der Waals surface area contributed by atoms with Crippen LogP contribution in [0.15, 0.2) is 12.5 Å². The predicted molar refractivity (Wildman–Crippen MR) is 20.5 cm³/mol. The monoisotopic (exact) mass is 173 g/mol. The maximum Gasteiger partial charge on any atom is 2.00 e. The van der Waals surface area contributed by atoms with Crippen molar-refractivity contribution in [2.24, 2.45) is 0 Å². The molecule has 0 rings (SSSR count). The van der Waals surface area contributed by atoms with Crippen molar-refractivity contribution in [3.63, 3.8) is 0 Å². The van der Waals surface area contributed by atoms with E-state index in [0.29, 0.717) is 0 Å². The van der Waals surface area contributed by atoms with Crippen molar-refractivity contribution >= 4 is 11.9 Å². The first-order chi connectivity index (χ1) is 3.83. The van der Waals surface area contributed by atoms with Gasteiger partial charge in [-0.25, -0.2) is 9.59 Å².